The molecular formula is C21H26N6S. The lowest BCUT2D eigenvalue weighted by molar-refractivity contribution is 0.807. The lowest BCUT2D eigenvalue weighted by atomic mass is 10.1. The second-order valence-electron chi connectivity index (χ2n) is 6.40. The van der Waals surface area contributed by atoms with Crippen molar-refractivity contribution in [3.8, 4) is 11.4 Å². The number of nitrogens with zero attached hydrogens (tertiary/aromatic N) is 3. The second kappa shape index (κ2) is 9.94. The molecule has 146 valence electrons. The highest BCUT2D eigenvalue weighted by atomic mass is 32.2. The van der Waals surface area contributed by atoms with Crippen LogP contribution in [0.4, 0.5) is 0 Å². The highest BCUT2D eigenvalue weighted by molar-refractivity contribution is 7.98. The fraction of sp³-hybridized carbons (Fsp3) is 0.286. The minimum absolute atomic E-state index is 0.584. The summed E-state index contributed by atoms with van der Waals surface area (Å²) in [5.74, 6) is 1.57. The van der Waals surface area contributed by atoms with Gasteiger partial charge in [0.1, 0.15) is 6.33 Å². The number of hydrogen-bond donors (Lipinski definition) is 3. The first kappa shape index (κ1) is 19.9. The summed E-state index contributed by atoms with van der Waals surface area (Å²) >= 11 is 1.77. The van der Waals surface area contributed by atoms with Crippen LogP contribution in [0.2, 0.25) is 0 Å². The fourth-order valence-corrected chi connectivity index (χ4v) is 3.56. The number of nitrogens with one attached hydrogen (secondary N) is 3. The quantitative estimate of drug-likeness (QED) is 0.323. The monoisotopic (exact) mass is 394 g/mol. The summed E-state index contributed by atoms with van der Waals surface area (Å²) in [5, 5.41) is 13.6. The van der Waals surface area contributed by atoms with Crippen molar-refractivity contribution < 1.29 is 0 Å². The molecule has 3 N–H and O–H groups in total. The molecule has 1 heterocycles. The molecule has 0 saturated carbocycles. The number of benzene rings is 2. The van der Waals surface area contributed by atoms with Crippen LogP contribution in [0.25, 0.3) is 11.4 Å². The normalized spacial score (nSPS) is 11.5. The molecule has 6 nitrogen and oxygen atoms in total. The van der Waals surface area contributed by atoms with Crippen LogP contribution in [0.15, 0.2) is 58.7 Å². The van der Waals surface area contributed by atoms with Gasteiger partial charge in [-0.1, -0.05) is 30.3 Å². The van der Waals surface area contributed by atoms with Gasteiger partial charge in [0.25, 0.3) is 0 Å². The third-order valence-electron chi connectivity index (χ3n) is 4.27. The summed E-state index contributed by atoms with van der Waals surface area (Å²) in [6.07, 6.45) is 3.63. The van der Waals surface area contributed by atoms with Gasteiger partial charge in [-0.05, 0) is 48.9 Å². The Hall–Kier alpha value is -2.80. The number of aromatic nitrogens is 3. The average Bonchev–Trinajstić information content (AvgIpc) is 3.26. The average molecular weight is 395 g/mol. The van der Waals surface area contributed by atoms with Gasteiger partial charge >= 0.3 is 0 Å². The molecule has 0 aliphatic carbocycles. The van der Waals surface area contributed by atoms with Crippen molar-refractivity contribution in [2.45, 2.75) is 31.8 Å². The highest BCUT2D eigenvalue weighted by Gasteiger charge is 2.05. The minimum Gasteiger partial charge on any atom is -0.357 e. The molecule has 2 aromatic carbocycles. The van der Waals surface area contributed by atoms with Crippen LogP contribution in [-0.4, -0.2) is 33.9 Å². The first-order valence-electron chi connectivity index (χ1n) is 9.30. The number of thioether (sulfide) groups is 1. The van der Waals surface area contributed by atoms with Crippen molar-refractivity contribution in [2.24, 2.45) is 4.99 Å². The maximum Gasteiger partial charge on any atom is 0.191 e. The van der Waals surface area contributed by atoms with E-state index in [0.29, 0.717) is 6.54 Å². The van der Waals surface area contributed by atoms with Crippen LogP contribution >= 0.6 is 11.8 Å². The second-order valence-corrected chi connectivity index (χ2v) is 7.25. The molecule has 0 spiro atoms. The Balaban J connectivity index is 1.69. The largest absolute Gasteiger partial charge is 0.357 e. The fourth-order valence-electron chi connectivity index (χ4n) is 2.85. The lowest BCUT2D eigenvalue weighted by Crippen LogP contribution is -2.36. The lowest BCUT2D eigenvalue weighted by Gasteiger charge is -2.14. The Morgan fingerprint density at radius 3 is 2.82 bits per heavy atom. The Labute approximate surface area is 170 Å². The summed E-state index contributed by atoms with van der Waals surface area (Å²) in [6.45, 7) is 6.32. The van der Waals surface area contributed by atoms with Crippen LogP contribution in [-0.2, 0) is 13.1 Å². The maximum atomic E-state index is 4.74. The van der Waals surface area contributed by atoms with Crippen LogP contribution in [0.5, 0.6) is 0 Å². The number of rotatable bonds is 7. The van der Waals surface area contributed by atoms with E-state index in [1.165, 1.54) is 22.3 Å². The molecule has 3 aromatic rings. The summed E-state index contributed by atoms with van der Waals surface area (Å²) in [5.41, 5.74) is 4.68. The van der Waals surface area contributed by atoms with Crippen molar-refractivity contribution >= 4 is 17.7 Å². The molecule has 0 aliphatic rings. The molecule has 0 aliphatic heterocycles. The molecule has 0 bridgehead atoms. The standard InChI is InChI=1S/C21H26N6S/c1-4-22-21(24-13-18-9-8-15(2)10-19(18)28-3)23-12-16-6-5-7-17(11-16)20-25-14-26-27-20/h5-11,14H,4,12-13H2,1-3H3,(H2,22,23,24)(H,25,26,27). The van der Waals surface area contributed by atoms with E-state index in [9.17, 15) is 0 Å². The van der Waals surface area contributed by atoms with Crippen LogP contribution in [0, 0.1) is 6.92 Å². The molecule has 0 atom stereocenters. The molecule has 0 unspecified atom stereocenters. The number of aryl methyl sites for hydroxylation is 1. The van der Waals surface area contributed by atoms with Gasteiger partial charge < -0.3 is 10.6 Å². The number of guanidine groups is 1. The molecule has 28 heavy (non-hydrogen) atoms. The van der Waals surface area contributed by atoms with Gasteiger partial charge in [-0.15, -0.1) is 11.8 Å². The van der Waals surface area contributed by atoms with E-state index >= 15 is 0 Å². The molecule has 7 heteroatoms. The Morgan fingerprint density at radius 1 is 1.18 bits per heavy atom. The number of aromatic amines is 1. The van der Waals surface area contributed by atoms with Crippen molar-refractivity contribution in [1.82, 2.24) is 25.8 Å². The SMILES string of the molecule is CCNC(=NCc1cccc(-c2ncn[nH]2)c1)NCc1ccc(C)cc1SC. The van der Waals surface area contributed by atoms with E-state index in [0.717, 1.165) is 36.0 Å². The summed E-state index contributed by atoms with van der Waals surface area (Å²) in [4.78, 5) is 10.2. The van der Waals surface area contributed by atoms with Gasteiger partial charge in [0.05, 0.1) is 6.54 Å². The first-order chi connectivity index (χ1) is 13.7. The Bertz CT molecular complexity index is 920. The van der Waals surface area contributed by atoms with E-state index in [1.807, 2.05) is 12.1 Å². The third kappa shape index (κ3) is 5.36. The van der Waals surface area contributed by atoms with Gasteiger partial charge in [-0.3, -0.25) is 5.10 Å². The predicted octanol–water partition coefficient (Wildman–Crippen LogP) is 3.76. The summed E-state index contributed by atoms with van der Waals surface area (Å²) < 4.78 is 0. The van der Waals surface area contributed by atoms with Crippen molar-refractivity contribution in [1.29, 1.82) is 0 Å². The molecule has 0 radical (unpaired) electrons. The smallest absolute Gasteiger partial charge is 0.191 e. The maximum absolute atomic E-state index is 4.74. The Kier molecular flexibility index (Phi) is 7.08. The van der Waals surface area contributed by atoms with E-state index in [1.54, 1.807) is 11.8 Å². The molecule has 0 fully saturated rings. The number of hydrogen-bond acceptors (Lipinski definition) is 4. The van der Waals surface area contributed by atoms with Crippen LogP contribution in [0.3, 0.4) is 0 Å². The zero-order chi connectivity index (χ0) is 19.8. The van der Waals surface area contributed by atoms with Crippen molar-refractivity contribution in [3.05, 3.63) is 65.5 Å². The van der Waals surface area contributed by atoms with Gasteiger partial charge in [0, 0.05) is 23.5 Å². The molecule has 3 rings (SSSR count). The van der Waals surface area contributed by atoms with Gasteiger partial charge in [0.2, 0.25) is 0 Å². The topological polar surface area (TPSA) is 78.0 Å². The van der Waals surface area contributed by atoms with E-state index in [-0.39, 0.29) is 0 Å². The predicted molar refractivity (Wildman–Crippen MR) is 116 cm³/mol. The molecule has 1 aromatic heterocycles. The zero-order valence-electron chi connectivity index (χ0n) is 16.5. The zero-order valence-corrected chi connectivity index (χ0v) is 17.3. The summed E-state index contributed by atoms with van der Waals surface area (Å²) in [6, 6.07) is 14.7. The Morgan fingerprint density at radius 2 is 2.07 bits per heavy atom. The van der Waals surface area contributed by atoms with Gasteiger partial charge in [-0.2, -0.15) is 5.10 Å². The number of H-pyrrole nitrogens is 1. The molecule has 0 saturated heterocycles. The minimum atomic E-state index is 0.584. The number of aliphatic imine (C=N–C) groups is 1. The highest BCUT2D eigenvalue weighted by Crippen LogP contribution is 2.21. The van der Waals surface area contributed by atoms with Crippen molar-refractivity contribution in [3.63, 3.8) is 0 Å². The van der Waals surface area contributed by atoms with Crippen LogP contribution in [0.1, 0.15) is 23.6 Å². The van der Waals surface area contributed by atoms with Gasteiger partial charge in [0.15, 0.2) is 11.8 Å². The summed E-state index contributed by atoms with van der Waals surface area (Å²) in [7, 11) is 0. The third-order valence-corrected chi connectivity index (χ3v) is 5.09. The molecule has 0 amide bonds. The van der Waals surface area contributed by atoms with E-state index in [2.05, 4.69) is 76.2 Å². The van der Waals surface area contributed by atoms with Crippen LogP contribution < -0.4 is 10.6 Å². The van der Waals surface area contributed by atoms with E-state index in [4.69, 9.17) is 4.99 Å². The van der Waals surface area contributed by atoms with Crippen molar-refractivity contribution in [2.75, 3.05) is 12.8 Å². The van der Waals surface area contributed by atoms with Gasteiger partial charge in [-0.25, -0.2) is 9.98 Å². The molecular weight excluding hydrogens is 368 g/mol. The van der Waals surface area contributed by atoms with E-state index < -0.39 is 0 Å². The first-order valence-corrected chi connectivity index (χ1v) is 10.5.